The van der Waals surface area contributed by atoms with E-state index in [1.165, 1.54) is 16.8 Å². The third-order valence-electron chi connectivity index (χ3n) is 5.83. The number of aromatic amines is 2. The van der Waals surface area contributed by atoms with Crippen LogP contribution in [0.1, 0.15) is 37.2 Å². The van der Waals surface area contributed by atoms with E-state index in [4.69, 9.17) is 0 Å². The summed E-state index contributed by atoms with van der Waals surface area (Å²) in [6.45, 7) is 4.17. The van der Waals surface area contributed by atoms with E-state index in [0.717, 1.165) is 22.4 Å². The number of H-pyrrole nitrogens is 2. The highest BCUT2D eigenvalue weighted by molar-refractivity contribution is 5.78. The number of aliphatic hydroxyl groups is 1. The summed E-state index contributed by atoms with van der Waals surface area (Å²) in [7, 11) is 0. The highest BCUT2D eigenvalue weighted by atomic mass is 16.3. The van der Waals surface area contributed by atoms with Gasteiger partial charge in [0.05, 0.1) is 22.7 Å². The lowest BCUT2D eigenvalue weighted by atomic mass is 9.88. The van der Waals surface area contributed by atoms with Crippen molar-refractivity contribution >= 4 is 16.9 Å². The monoisotopic (exact) mass is 411 g/mol. The van der Waals surface area contributed by atoms with Gasteiger partial charge in [0.25, 0.3) is 5.56 Å². The van der Waals surface area contributed by atoms with Crippen molar-refractivity contribution in [2.45, 2.75) is 44.8 Å². The number of hydrogen-bond acceptors (Lipinski definition) is 5. The summed E-state index contributed by atoms with van der Waals surface area (Å²) in [6.07, 6.45) is 2.63. The van der Waals surface area contributed by atoms with E-state index < -0.39 is 22.9 Å². The average Bonchev–Trinajstić information content (AvgIpc) is 3.06. The van der Waals surface area contributed by atoms with E-state index in [1.54, 1.807) is 11.8 Å². The molecular weight excluding hydrogens is 386 g/mol. The first kappa shape index (κ1) is 20.1. The van der Waals surface area contributed by atoms with Crippen molar-refractivity contribution < 1.29 is 9.90 Å². The van der Waals surface area contributed by atoms with Crippen LogP contribution in [0.5, 0.6) is 0 Å². The number of aryl methyl sites for hydroxylation is 2. The predicted octanol–water partition coefficient (Wildman–Crippen LogP) is 0.879. The lowest BCUT2D eigenvalue weighted by Gasteiger charge is -2.43. The SMILES string of the molecule is Cc1nc2ccc(CCC(=O)N3CC[C@@](C)(O)[C@H](n4ccc(=O)[nH]c4=O)C3)cc2[nH]1. The molecule has 0 saturated carbocycles. The Labute approximate surface area is 172 Å². The minimum Gasteiger partial charge on any atom is -0.388 e. The normalized spacial score (nSPS) is 21.8. The smallest absolute Gasteiger partial charge is 0.328 e. The molecule has 4 rings (SSSR count). The average molecular weight is 411 g/mol. The molecule has 1 aromatic carbocycles. The number of nitrogens with zero attached hydrogens (tertiary/aromatic N) is 3. The van der Waals surface area contributed by atoms with Gasteiger partial charge in [0, 0.05) is 31.8 Å². The number of imidazole rings is 1. The third kappa shape index (κ3) is 3.93. The summed E-state index contributed by atoms with van der Waals surface area (Å²) in [5, 5.41) is 10.8. The van der Waals surface area contributed by atoms with Gasteiger partial charge in [0.1, 0.15) is 5.82 Å². The molecule has 2 atom stereocenters. The minimum absolute atomic E-state index is 0.0335. The number of likely N-dealkylation sites (tertiary alicyclic amines) is 1. The number of carbonyl (C=O) groups excluding carboxylic acids is 1. The Bertz CT molecular complexity index is 1210. The Balaban J connectivity index is 1.47. The lowest BCUT2D eigenvalue weighted by Crippen LogP contribution is -2.55. The fourth-order valence-electron chi connectivity index (χ4n) is 4.06. The maximum absolute atomic E-state index is 12.8. The number of piperidine rings is 1. The zero-order chi connectivity index (χ0) is 21.5. The second-order valence-electron chi connectivity index (χ2n) is 8.15. The van der Waals surface area contributed by atoms with E-state index in [-0.39, 0.29) is 12.5 Å². The second kappa shape index (κ2) is 7.56. The minimum atomic E-state index is -1.16. The van der Waals surface area contributed by atoms with Crippen LogP contribution in [0.2, 0.25) is 0 Å². The summed E-state index contributed by atoms with van der Waals surface area (Å²) >= 11 is 0. The second-order valence-corrected chi connectivity index (χ2v) is 8.15. The van der Waals surface area contributed by atoms with E-state index in [2.05, 4.69) is 15.0 Å². The van der Waals surface area contributed by atoms with Crippen LogP contribution < -0.4 is 11.2 Å². The molecule has 0 aliphatic carbocycles. The Morgan fingerprint density at radius 2 is 2.10 bits per heavy atom. The molecule has 9 heteroatoms. The molecule has 0 radical (unpaired) electrons. The molecule has 1 aliphatic heterocycles. The van der Waals surface area contributed by atoms with Crippen LogP contribution in [0.25, 0.3) is 11.0 Å². The van der Waals surface area contributed by atoms with E-state index in [9.17, 15) is 19.5 Å². The number of fused-ring (bicyclic) bond motifs is 1. The van der Waals surface area contributed by atoms with Crippen molar-refractivity contribution in [1.82, 2.24) is 24.4 Å². The van der Waals surface area contributed by atoms with Crippen molar-refractivity contribution in [3.8, 4) is 0 Å². The van der Waals surface area contributed by atoms with Gasteiger partial charge in [-0.1, -0.05) is 6.07 Å². The molecule has 1 saturated heterocycles. The van der Waals surface area contributed by atoms with Crippen molar-refractivity contribution in [2.75, 3.05) is 13.1 Å². The number of nitrogens with one attached hydrogen (secondary N) is 2. The lowest BCUT2D eigenvalue weighted by molar-refractivity contribution is -0.138. The maximum Gasteiger partial charge on any atom is 0.328 e. The molecule has 0 bridgehead atoms. The molecule has 1 amide bonds. The number of rotatable bonds is 4. The van der Waals surface area contributed by atoms with Crippen molar-refractivity contribution in [3.05, 3.63) is 62.7 Å². The molecule has 3 aromatic rings. The van der Waals surface area contributed by atoms with E-state index in [0.29, 0.717) is 25.8 Å². The molecule has 9 nitrogen and oxygen atoms in total. The number of benzene rings is 1. The molecule has 0 unspecified atom stereocenters. The summed E-state index contributed by atoms with van der Waals surface area (Å²) < 4.78 is 1.30. The molecule has 1 aliphatic rings. The van der Waals surface area contributed by atoms with Gasteiger partial charge in [-0.25, -0.2) is 9.78 Å². The molecule has 1 fully saturated rings. The summed E-state index contributed by atoms with van der Waals surface area (Å²) in [6, 6.07) is 6.52. The van der Waals surface area contributed by atoms with Gasteiger partial charge >= 0.3 is 5.69 Å². The highest BCUT2D eigenvalue weighted by Gasteiger charge is 2.40. The first-order chi connectivity index (χ1) is 14.2. The summed E-state index contributed by atoms with van der Waals surface area (Å²) in [4.78, 5) is 47.9. The van der Waals surface area contributed by atoms with Gasteiger partial charge in [0.15, 0.2) is 0 Å². The van der Waals surface area contributed by atoms with E-state index in [1.807, 2.05) is 25.1 Å². The first-order valence-corrected chi connectivity index (χ1v) is 10.00. The topological polar surface area (TPSA) is 124 Å². The zero-order valence-corrected chi connectivity index (χ0v) is 17.0. The standard InChI is InChI=1S/C21H25N5O4/c1-13-22-15-5-3-14(11-16(15)23-13)4-6-19(28)25-10-8-21(2,30)17(12-25)26-9-7-18(27)24-20(26)29/h3,5,7,9,11,17,30H,4,6,8,10,12H2,1-2H3,(H,22,23)(H,24,27,29)/t17-,21-/m1/s1. The molecule has 0 spiro atoms. The Kier molecular flexibility index (Phi) is 5.07. The Hall–Kier alpha value is -3.20. The van der Waals surface area contributed by atoms with Crippen molar-refractivity contribution in [3.63, 3.8) is 0 Å². The van der Waals surface area contributed by atoms with Crippen LogP contribution >= 0.6 is 0 Å². The van der Waals surface area contributed by atoms with Gasteiger partial charge in [0.2, 0.25) is 5.91 Å². The zero-order valence-electron chi connectivity index (χ0n) is 17.0. The Morgan fingerprint density at radius 3 is 2.87 bits per heavy atom. The van der Waals surface area contributed by atoms with Crippen LogP contribution in [0.4, 0.5) is 0 Å². The van der Waals surface area contributed by atoms with Crippen LogP contribution in [-0.2, 0) is 11.2 Å². The molecule has 2 aromatic heterocycles. The van der Waals surface area contributed by atoms with Gasteiger partial charge in [-0.15, -0.1) is 0 Å². The fourth-order valence-corrected chi connectivity index (χ4v) is 4.06. The van der Waals surface area contributed by atoms with Gasteiger partial charge in [-0.3, -0.25) is 19.1 Å². The molecule has 3 heterocycles. The molecule has 30 heavy (non-hydrogen) atoms. The summed E-state index contributed by atoms with van der Waals surface area (Å²) in [5.74, 6) is 0.816. The van der Waals surface area contributed by atoms with Gasteiger partial charge < -0.3 is 15.0 Å². The van der Waals surface area contributed by atoms with Crippen LogP contribution in [0.15, 0.2) is 40.1 Å². The van der Waals surface area contributed by atoms with Crippen molar-refractivity contribution in [2.24, 2.45) is 0 Å². The molecule has 158 valence electrons. The van der Waals surface area contributed by atoms with Crippen LogP contribution in [0, 0.1) is 6.92 Å². The highest BCUT2D eigenvalue weighted by Crippen LogP contribution is 2.31. The Morgan fingerprint density at radius 1 is 1.30 bits per heavy atom. The first-order valence-electron chi connectivity index (χ1n) is 10.00. The van der Waals surface area contributed by atoms with Gasteiger partial charge in [-0.05, 0) is 44.4 Å². The third-order valence-corrected chi connectivity index (χ3v) is 5.83. The largest absolute Gasteiger partial charge is 0.388 e. The maximum atomic E-state index is 12.8. The van der Waals surface area contributed by atoms with E-state index >= 15 is 0 Å². The summed E-state index contributed by atoms with van der Waals surface area (Å²) in [5.41, 5.74) is 0.632. The van der Waals surface area contributed by atoms with Crippen LogP contribution in [-0.4, -0.2) is 54.1 Å². The fraction of sp³-hybridized carbons (Fsp3) is 0.429. The van der Waals surface area contributed by atoms with Crippen LogP contribution in [0.3, 0.4) is 0 Å². The number of hydrogen-bond donors (Lipinski definition) is 3. The van der Waals surface area contributed by atoms with Crippen molar-refractivity contribution in [1.29, 1.82) is 0 Å². The molecular formula is C21H25N5O4. The number of amides is 1. The molecule has 3 N–H and O–H groups in total. The quantitative estimate of drug-likeness (QED) is 0.588. The predicted molar refractivity (Wildman–Crippen MR) is 111 cm³/mol. The number of aromatic nitrogens is 4. The van der Waals surface area contributed by atoms with Gasteiger partial charge in [-0.2, -0.15) is 0 Å². The number of carbonyl (C=O) groups is 1.